The van der Waals surface area contributed by atoms with E-state index in [1.807, 2.05) is 0 Å². The van der Waals surface area contributed by atoms with Crippen LogP contribution >= 0.6 is 0 Å². The summed E-state index contributed by atoms with van der Waals surface area (Å²) in [5.74, 6) is 0. The smallest absolute Gasteiger partial charge is 0.104 e. The maximum absolute atomic E-state index is 2.36. The van der Waals surface area contributed by atoms with Crippen LogP contribution in [-0.2, 0) is 6.54 Å². The molecule has 0 spiro atoms. The van der Waals surface area contributed by atoms with Gasteiger partial charge in [-0.3, -0.25) is 0 Å². The van der Waals surface area contributed by atoms with Crippen molar-refractivity contribution in [2.75, 3.05) is 20.6 Å². The molecule has 0 amide bonds. The molecule has 0 aliphatic carbocycles. The summed E-state index contributed by atoms with van der Waals surface area (Å²) in [4.78, 5) is 0. The second kappa shape index (κ2) is 11.9. The number of benzene rings is 1. The first kappa shape index (κ1) is 19.4. The highest BCUT2D eigenvalue weighted by molar-refractivity contribution is 6.08. The van der Waals surface area contributed by atoms with Crippen LogP contribution < -0.4 is 0 Å². The van der Waals surface area contributed by atoms with Gasteiger partial charge in [-0.1, -0.05) is 81.3 Å². The van der Waals surface area contributed by atoms with Gasteiger partial charge in [-0.25, -0.2) is 0 Å². The topological polar surface area (TPSA) is 0 Å². The largest absolute Gasteiger partial charge is 0.325 e. The van der Waals surface area contributed by atoms with E-state index in [0.717, 1.165) is 11.0 Å². The van der Waals surface area contributed by atoms with Crippen molar-refractivity contribution in [2.24, 2.45) is 0 Å². The van der Waals surface area contributed by atoms with Gasteiger partial charge in [-0.15, -0.1) is 0 Å². The minimum absolute atomic E-state index is 1.12. The zero-order valence-electron chi connectivity index (χ0n) is 15.3. The lowest BCUT2D eigenvalue weighted by Gasteiger charge is -2.30. The molecule has 1 aromatic rings. The van der Waals surface area contributed by atoms with E-state index in [4.69, 9.17) is 0 Å². The zero-order valence-corrected chi connectivity index (χ0v) is 17.3. The Morgan fingerprint density at radius 1 is 0.727 bits per heavy atom. The molecule has 0 saturated carbocycles. The van der Waals surface area contributed by atoms with Gasteiger partial charge in [0.2, 0.25) is 0 Å². The fraction of sp³-hybridized carbons (Fsp3) is 0.700. The van der Waals surface area contributed by atoms with Gasteiger partial charge in [-0.05, 0) is 12.8 Å². The Morgan fingerprint density at radius 3 is 1.77 bits per heavy atom. The van der Waals surface area contributed by atoms with E-state index in [9.17, 15) is 0 Å². The molecule has 0 fully saturated rings. The van der Waals surface area contributed by atoms with Crippen LogP contribution in [0.1, 0.15) is 63.4 Å². The molecule has 1 aromatic carbocycles. The van der Waals surface area contributed by atoms with Crippen molar-refractivity contribution in [3.63, 3.8) is 0 Å². The normalized spacial score (nSPS) is 11.9. The van der Waals surface area contributed by atoms with Crippen molar-refractivity contribution in [1.29, 1.82) is 0 Å². The molecule has 0 N–H and O–H groups in total. The number of unbranched alkanes of at least 4 members (excludes halogenated alkanes) is 8. The van der Waals surface area contributed by atoms with Gasteiger partial charge in [0.25, 0.3) is 0 Å². The Labute approximate surface area is 142 Å². The standard InChI is InChI=1S/C20H38NSi/c1-21(2,19-20-15-11-10-12-16-20)17-13-8-6-4-3-5-7-9-14-18-22/h10-12,15-16H,3-9,13-14,17-19H2,1-2,22H3/q+1. The summed E-state index contributed by atoms with van der Waals surface area (Å²) in [5.41, 5.74) is 1.46. The van der Waals surface area contributed by atoms with Gasteiger partial charge < -0.3 is 4.48 Å². The van der Waals surface area contributed by atoms with E-state index in [1.165, 1.54) is 86.2 Å². The second-order valence-corrected chi connectivity index (χ2v) is 8.49. The molecule has 0 heterocycles. The van der Waals surface area contributed by atoms with Crippen molar-refractivity contribution in [3.05, 3.63) is 35.9 Å². The Kier molecular flexibility index (Phi) is 10.5. The molecule has 1 nitrogen and oxygen atoms in total. The highest BCUT2D eigenvalue weighted by Gasteiger charge is 2.14. The van der Waals surface area contributed by atoms with Crippen LogP contribution in [0.25, 0.3) is 0 Å². The minimum Gasteiger partial charge on any atom is -0.325 e. The Bertz CT molecular complexity index is 361. The summed E-state index contributed by atoms with van der Waals surface area (Å²) < 4.78 is 1.12. The van der Waals surface area contributed by atoms with Gasteiger partial charge in [-0.2, -0.15) is 0 Å². The molecule has 0 aromatic heterocycles. The van der Waals surface area contributed by atoms with Crippen molar-refractivity contribution < 1.29 is 4.48 Å². The number of hydrogen-bond donors (Lipinski definition) is 0. The number of nitrogens with zero attached hydrogens (tertiary/aromatic N) is 1. The van der Waals surface area contributed by atoms with Crippen LogP contribution in [-0.4, -0.2) is 35.4 Å². The predicted molar refractivity (Wildman–Crippen MR) is 103 cm³/mol. The molecule has 126 valence electrons. The van der Waals surface area contributed by atoms with Crippen LogP contribution in [0.5, 0.6) is 0 Å². The third-order valence-electron chi connectivity index (χ3n) is 4.57. The lowest BCUT2D eigenvalue weighted by molar-refractivity contribution is -0.903. The zero-order chi connectivity index (χ0) is 16.1. The van der Waals surface area contributed by atoms with Crippen LogP contribution in [0, 0.1) is 0 Å². The molecule has 22 heavy (non-hydrogen) atoms. The number of quaternary nitrogens is 1. The summed E-state index contributed by atoms with van der Waals surface area (Å²) in [6.45, 7) is 2.45. The average molecular weight is 321 g/mol. The number of rotatable bonds is 13. The SMILES string of the molecule is C[N+](C)(CCCCCCCCCCC[SiH3])Cc1ccccc1. The van der Waals surface area contributed by atoms with Gasteiger partial charge in [0.1, 0.15) is 6.54 Å². The molecule has 1 rings (SSSR count). The summed E-state index contributed by atoms with van der Waals surface area (Å²) in [5, 5.41) is 0. The van der Waals surface area contributed by atoms with E-state index < -0.39 is 0 Å². The van der Waals surface area contributed by atoms with Crippen molar-refractivity contribution >= 4 is 10.2 Å². The fourth-order valence-corrected chi connectivity index (χ4v) is 3.68. The van der Waals surface area contributed by atoms with Crippen molar-refractivity contribution in [3.8, 4) is 0 Å². The second-order valence-electron chi connectivity index (χ2n) is 7.49. The van der Waals surface area contributed by atoms with E-state index in [2.05, 4.69) is 44.4 Å². The first-order valence-corrected chi connectivity index (χ1v) is 10.9. The monoisotopic (exact) mass is 320 g/mol. The van der Waals surface area contributed by atoms with Crippen LogP contribution in [0.2, 0.25) is 6.04 Å². The highest BCUT2D eigenvalue weighted by atomic mass is 28.1. The molecule has 0 radical (unpaired) electrons. The van der Waals surface area contributed by atoms with Gasteiger partial charge in [0, 0.05) is 15.8 Å². The predicted octanol–water partition coefficient (Wildman–Crippen LogP) is 4.56. The lowest BCUT2D eigenvalue weighted by Crippen LogP contribution is -2.39. The van der Waals surface area contributed by atoms with Gasteiger partial charge in [0.15, 0.2) is 0 Å². The first-order chi connectivity index (χ1) is 10.6. The Hall–Kier alpha value is -0.603. The molecular weight excluding hydrogens is 282 g/mol. The van der Waals surface area contributed by atoms with Crippen LogP contribution in [0.3, 0.4) is 0 Å². The molecule has 0 atom stereocenters. The maximum atomic E-state index is 2.36. The third kappa shape index (κ3) is 10.2. The summed E-state index contributed by atoms with van der Waals surface area (Å²) in [7, 11) is 6.13. The molecular formula is C20H38NSi+. The van der Waals surface area contributed by atoms with Gasteiger partial charge >= 0.3 is 0 Å². The van der Waals surface area contributed by atoms with Crippen molar-refractivity contribution in [1.82, 2.24) is 0 Å². The molecule has 0 unspecified atom stereocenters. The average Bonchev–Trinajstić information content (AvgIpc) is 2.49. The molecule has 0 saturated heterocycles. The first-order valence-electron chi connectivity index (χ1n) is 9.50. The highest BCUT2D eigenvalue weighted by Crippen LogP contribution is 2.13. The van der Waals surface area contributed by atoms with E-state index in [1.54, 1.807) is 0 Å². The maximum Gasteiger partial charge on any atom is 0.104 e. The van der Waals surface area contributed by atoms with Crippen LogP contribution in [0.15, 0.2) is 30.3 Å². The lowest BCUT2D eigenvalue weighted by atomic mass is 10.1. The quantitative estimate of drug-likeness (QED) is 0.284. The molecule has 0 aliphatic heterocycles. The Morgan fingerprint density at radius 2 is 1.23 bits per heavy atom. The summed E-state index contributed by atoms with van der Waals surface area (Å²) in [6.07, 6.45) is 13.1. The van der Waals surface area contributed by atoms with E-state index in [-0.39, 0.29) is 0 Å². The fourth-order valence-electron chi connectivity index (χ4n) is 3.18. The minimum atomic E-state index is 1.12. The summed E-state index contributed by atoms with van der Waals surface area (Å²) in [6, 6.07) is 12.4. The Balaban J connectivity index is 1.99. The molecule has 0 bridgehead atoms. The van der Waals surface area contributed by atoms with Gasteiger partial charge in [0.05, 0.1) is 20.6 Å². The van der Waals surface area contributed by atoms with Crippen LogP contribution in [0.4, 0.5) is 0 Å². The van der Waals surface area contributed by atoms with E-state index >= 15 is 0 Å². The molecule has 0 aliphatic rings. The third-order valence-corrected chi connectivity index (χ3v) is 5.28. The summed E-state index contributed by atoms with van der Waals surface area (Å²) >= 11 is 0. The van der Waals surface area contributed by atoms with E-state index in [0.29, 0.717) is 0 Å². The number of hydrogen-bond acceptors (Lipinski definition) is 0. The molecule has 2 heteroatoms. The van der Waals surface area contributed by atoms with Crippen molar-refractivity contribution in [2.45, 2.75) is 70.4 Å².